The van der Waals surface area contributed by atoms with Crippen molar-refractivity contribution in [3.63, 3.8) is 0 Å². The number of sulfonamides is 1. The highest BCUT2D eigenvalue weighted by Gasteiger charge is 2.27. The van der Waals surface area contributed by atoms with Crippen molar-refractivity contribution in [3.05, 3.63) is 48.0 Å². The number of ether oxygens (including phenoxy) is 3. The first-order valence-corrected chi connectivity index (χ1v) is 9.28. The number of hydrogen-bond acceptors (Lipinski definition) is 6. The van der Waals surface area contributed by atoms with Crippen LogP contribution in [0.3, 0.4) is 0 Å². The largest absolute Gasteiger partial charge is 0.497 e. The predicted molar refractivity (Wildman–Crippen MR) is 97.3 cm³/mol. The van der Waals surface area contributed by atoms with Gasteiger partial charge in [0.1, 0.15) is 22.1 Å². The zero-order chi connectivity index (χ0) is 19.3. The topological polar surface area (TPSA) is 85.3 Å². The number of likely N-dealkylation sites (N-methyl/N-ethyl adjacent to an activating group) is 1. The number of rotatable bonds is 8. The van der Waals surface area contributed by atoms with E-state index < -0.39 is 16.1 Å². The Morgan fingerprint density at radius 3 is 2.08 bits per heavy atom. The van der Waals surface area contributed by atoms with Crippen LogP contribution in [0.5, 0.6) is 17.2 Å². The average molecular weight is 381 g/mol. The number of benzene rings is 2. The first-order valence-electron chi connectivity index (χ1n) is 7.84. The molecule has 0 aliphatic heterocycles. The van der Waals surface area contributed by atoms with Gasteiger partial charge in [0.05, 0.1) is 27.4 Å². The Morgan fingerprint density at radius 1 is 0.962 bits per heavy atom. The number of nitrogens with zero attached hydrogens (tertiary/aromatic N) is 1. The van der Waals surface area contributed by atoms with Crippen LogP contribution in [0.25, 0.3) is 0 Å². The highest BCUT2D eigenvalue weighted by Crippen LogP contribution is 2.31. The molecule has 0 amide bonds. The molecular weight excluding hydrogens is 358 g/mol. The minimum Gasteiger partial charge on any atom is -0.497 e. The van der Waals surface area contributed by atoms with Gasteiger partial charge in [0, 0.05) is 19.7 Å². The summed E-state index contributed by atoms with van der Waals surface area (Å²) >= 11 is 0. The molecule has 2 rings (SSSR count). The molecule has 1 unspecified atom stereocenters. The Labute approximate surface area is 153 Å². The van der Waals surface area contributed by atoms with Crippen LogP contribution in [0.4, 0.5) is 0 Å². The maximum atomic E-state index is 12.9. The van der Waals surface area contributed by atoms with Gasteiger partial charge >= 0.3 is 0 Å². The fourth-order valence-electron chi connectivity index (χ4n) is 2.43. The van der Waals surface area contributed by atoms with Gasteiger partial charge < -0.3 is 19.3 Å². The summed E-state index contributed by atoms with van der Waals surface area (Å²) in [5.41, 5.74) is 0.588. The third-order valence-corrected chi connectivity index (χ3v) is 5.83. The van der Waals surface area contributed by atoms with Crippen molar-refractivity contribution in [1.82, 2.24) is 4.31 Å². The van der Waals surface area contributed by atoms with Gasteiger partial charge in [0.25, 0.3) is 0 Å². The van der Waals surface area contributed by atoms with Crippen molar-refractivity contribution < 1.29 is 27.7 Å². The van der Waals surface area contributed by atoms with Crippen LogP contribution in [-0.4, -0.2) is 52.8 Å². The van der Waals surface area contributed by atoms with E-state index in [4.69, 9.17) is 14.2 Å². The molecule has 1 atom stereocenters. The van der Waals surface area contributed by atoms with Gasteiger partial charge in [-0.15, -0.1) is 0 Å². The van der Waals surface area contributed by atoms with Crippen molar-refractivity contribution >= 4 is 10.0 Å². The fraction of sp³-hybridized carbons (Fsp3) is 0.333. The summed E-state index contributed by atoms with van der Waals surface area (Å²) in [7, 11) is 1.92. The Kier molecular flexibility index (Phi) is 6.47. The lowest BCUT2D eigenvalue weighted by Crippen LogP contribution is -2.31. The summed E-state index contributed by atoms with van der Waals surface area (Å²) in [6, 6.07) is 11.3. The van der Waals surface area contributed by atoms with E-state index in [0.29, 0.717) is 17.1 Å². The minimum absolute atomic E-state index is 0.0243. The molecule has 2 aromatic rings. The van der Waals surface area contributed by atoms with Crippen LogP contribution in [0.15, 0.2) is 47.4 Å². The molecule has 0 aliphatic rings. The third kappa shape index (κ3) is 4.27. The van der Waals surface area contributed by atoms with Crippen molar-refractivity contribution in [3.8, 4) is 17.2 Å². The predicted octanol–water partition coefficient (Wildman–Crippen LogP) is 2.07. The molecule has 142 valence electrons. The summed E-state index contributed by atoms with van der Waals surface area (Å²) in [6.07, 6.45) is -0.989. The zero-order valence-electron chi connectivity index (χ0n) is 15.2. The van der Waals surface area contributed by atoms with Crippen LogP contribution in [0.1, 0.15) is 11.7 Å². The maximum Gasteiger partial charge on any atom is 0.246 e. The first kappa shape index (κ1) is 20.0. The van der Waals surface area contributed by atoms with Crippen LogP contribution in [-0.2, 0) is 10.0 Å². The molecule has 0 aromatic heterocycles. The monoisotopic (exact) mass is 381 g/mol. The fourth-order valence-corrected chi connectivity index (χ4v) is 3.77. The van der Waals surface area contributed by atoms with E-state index >= 15 is 0 Å². The smallest absolute Gasteiger partial charge is 0.246 e. The summed E-state index contributed by atoms with van der Waals surface area (Å²) in [4.78, 5) is -0.0243. The second-order valence-electron chi connectivity index (χ2n) is 5.59. The van der Waals surface area contributed by atoms with Gasteiger partial charge in [0.2, 0.25) is 10.0 Å². The SMILES string of the molecule is COc1ccc(C(O)CN(C)S(=O)(=O)c2cc(OC)ccc2OC)cc1. The summed E-state index contributed by atoms with van der Waals surface area (Å²) < 4.78 is 42.2. The van der Waals surface area contributed by atoms with Crippen LogP contribution >= 0.6 is 0 Å². The number of methoxy groups -OCH3 is 3. The standard InChI is InChI=1S/C18H23NO6S/c1-19(12-16(20)13-5-7-14(23-2)8-6-13)26(21,22)18-11-15(24-3)9-10-17(18)25-4/h5-11,16,20H,12H2,1-4H3. The highest BCUT2D eigenvalue weighted by molar-refractivity contribution is 7.89. The Hall–Kier alpha value is -2.29. The number of aliphatic hydroxyl groups excluding tert-OH is 1. The Morgan fingerprint density at radius 2 is 1.54 bits per heavy atom. The van der Waals surface area contributed by atoms with Crippen LogP contribution in [0, 0.1) is 0 Å². The van der Waals surface area contributed by atoms with Crippen molar-refractivity contribution in [2.75, 3.05) is 34.9 Å². The quantitative estimate of drug-likeness (QED) is 0.753. The zero-order valence-corrected chi connectivity index (χ0v) is 16.0. The lowest BCUT2D eigenvalue weighted by atomic mass is 10.1. The van der Waals surface area contributed by atoms with Gasteiger partial charge in [0.15, 0.2) is 0 Å². The molecule has 0 aliphatic carbocycles. The molecule has 7 nitrogen and oxygen atoms in total. The van der Waals surface area contributed by atoms with Crippen molar-refractivity contribution in [2.45, 2.75) is 11.0 Å². The van der Waals surface area contributed by atoms with E-state index in [0.717, 1.165) is 4.31 Å². The molecule has 1 N–H and O–H groups in total. The van der Waals surface area contributed by atoms with Crippen LogP contribution < -0.4 is 14.2 Å². The molecule has 0 radical (unpaired) electrons. The molecule has 0 fully saturated rings. The van der Waals surface area contributed by atoms with E-state index in [9.17, 15) is 13.5 Å². The molecule has 2 aromatic carbocycles. The summed E-state index contributed by atoms with van der Waals surface area (Å²) in [6.45, 7) is -0.116. The lowest BCUT2D eigenvalue weighted by Gasteiger charge is -2.22. The maximum absolute atomic E-state index is 12.9. The second kappa shape index (κ2) is 8.39. The molecule has 0 spiro atoms. The molecule has 0 saturated heterocycles. The number of aliphatic hydroxyl groups is 1. The van der Waals surface area contributed by atoms with Crippen molar-refractivity contribution in [1.29, 1.82) is 0 Å². The molecule has 0 heterocycles. The van der Waals surface area contributed by atoms with Gasteiger partial charge in [-0.2, -0.15) is 4.31 Å². The van der Waals surface area contributed by atoms with Crippen molar-refractivity contribution in [2.24, 2.45) is 0 Å². The minimum atomic E-state index is -3.89. The molecule has 0 saturated carbocycles. The third-order valence-electron chi connectivity index (χ3n) is 3.99. The molecule has 8 heteroatoms. The normalized spacial score (nSPS) is 12.7. The van der Waals surface area contributed by atoms with E-state index in [-0.39, 0.29) is 17.2 Å². The van der Waals surface area contributed by atoms with Crippen LogP contribution in [0.2, 0.25) is 0 Å². The Bertz CT molecular complexity index is 835. The highest BCUT2D eigenvalue weighted by atomic mass is 32.2. The van der Waals surface area contributed by atoms with Gasteiger partial charge in [-0.1, -0.05) is 12.1 Å². The average Bonchev–Trinajstić information content (AvgIpc) is 2.67. The van der Waals surface area contributed by atoms with Gasteiger partial charge in [-0.3, -0.25) is 0 Å². The van der Waals surface area contributed by atoms with E-state index in [1.807, 2.05) is 0 Å². The lowest BCUT2D eigenvalue weighted by molar-refractivity contribution is 0.155. The molecular formula is C18H23NO6S. The van der Waals surface area contributed by atoms with E-state index in [1.54, 1.807) is 37.4 Å². The Balaban J connectivity index is 2.25. The second-order valence-corrected chi connectivity index (χ2v) is 7.60. The van der Waals surface area contributed by atoms with Gasteiger partial charge in [-0.05, 0) is 29.8 Å². The number of hydrogen-bond donors (Lipinski definition) is 1. The van der Waals surface area contributed by atoms with E-state index in [2.05, 4.69) is 0 Å². The van der Waals surface area contributed by atoms with Gasteiger partial charge in [-0.25, -0.2) is 8.42 Å². The molecule has 26 heavy (non-hydrogen) atoms. The first-order chi connectivity index (χ1) is 12.3. The molecule has 0 bridgehead atoms. The summed E-state index contributed by atoms with van der Waals surface area (Å²) in [5.74, 6) is 1.26. The summed E-state index contributed by atoms with van der Waals surface area (Å²) in [5, 5.41) is 10.4. The van der Waals surface area contributed by atoms with E-state index in [1.165, 1.54) is 33.4 Å².